The average molecular weight is 294 g/mol. The van der Waals surface area contributed by atoms with Gasteiger partial charge in [-0.15, -0.1) is 12.4 Å². The quantitative estimate of drug-likeness (QED) is 0.878. The number of aromatic nitrogens is 2. The van der Waals surface area contributed by atoms with E-state index >= 15 is 0 Å². The van der Waals surface area contributed by atoms with Crippen LogP contribution in [-0.2, 0) is 6.54 Å². The number of nitrogen functional groups attached to an aromatic ring is 1. The Labute approximate surface area is 124 Å². The first-order valence-electron chi connectivity index (χ1n) is 6.71. The normalized spacial score (nSPS) is 19.8. The summed E-state index contributed by atoms with van der Waals surface area (Å²) in [5.74, 6) is 1.34. The summed E-state index contributed by atoms with van der Waals surface area (Å²) in [6.07, 6.45) is 2.25. The van der Waals surface area contributed by atoms with E-state index in [1.54, 1.807) is 0 Å². The molecule has 0 radical (unpaired) electrons. The number of benzene rings is 1. The molecule has 4 N–H and O–H groups in total. The van der Waals surface area contributed by atoms with Gasteiger partial charge in [0, 0.05) is 18.0 Å². The van der Waals surface area contributed by atoms with E-state index in [-0.39, 0.29) is 18.4 Å². The largest absolute Gasteiger partial charge is 0.383 e. The number of piperidine rings is 1. The Bertz CT molecular complexity index is 589. The van der Waals surface area contributed by atoms with E-state index in [4.69, 9.17) is 11.5 Å². The van der Waals surface area contributed by atoms with Crippen molar-refractivity contribution in [3.05, 3.63) is 30.1 Å². The highest BCUT2D eigenvalue weighted by Gasteiger charge is 2.18. The van der Waals surface area contributed by atoms with Crippen molar-refractivity contribution >= 4 is 29.1 Å². The van der Waals surface area contributed by atoms with E-state index in [9.17, 15) is 0 Å². The fraction of sp³-hybridized carbons (Fsp3) is 0.429. The van der Waals surface area contributed by atoms with Gasteiger partial charge in [-0.25, -0.2) is 9.97 Å². The molecule has 1 aliphatic heterocycles. The Morgan fingerprint density at radius 1 is 1.25 bits per heavy atom. The zero-order valence-electron chi connectivity index (χ0n) is 11.3. The molecule has 0 saturated carbocycles. The molecule has 0 aliphatic carbocycles. The van der Waals surface area contributed by atoms with Gasteiger partial charge in [-0.05, 0) is 31.5 Å². The molecule has 6 heteroatoms. The standard InChI is InChI=1S/C14H19N5.ClH/c15-10-4-3-7-19(8-10)9-13-17-12-6-2-1-5-11(12)14(16)18-13;/h1-2,5-6,10H,3-4,7-9,15H2,(H2,16,17,18);1H/t10-;/m1./s1. The Morgan fingerprint density at radius 2 is 2.05 bits per heavy atom. The van der Waals surface area contributed by atoms with Gasteiger partial charge in [0.1, 0.15) is 11.6 Å². The smallest absolute Gasteiger partial charge is 0.145 e. The zero-order valence-corrected chi connectivity index (χ0v) is 12.1. The van der Waals surface area contributed by atoms with Crippen LogP contribution in [0.3, 0.4) is 0 Å². The van der Waals surface area contributed by atoms with Gasteiger partial charge < -0.3 is 11.5 Å². The highest BCUT2D eigenvalue weighted by molar-refractivity contribution is 5.87. The van der Waals surface area contributed by atoms with E-state index in [1.807, 2.05) is 24.3 Å². The number of para-hydroxylation sites is 1. The first-order valence-corrected chi connectivity index (χ1v) is 6.71. The second-order valence-corrected chi connectivity index (χ2v) is 5.18. The molecule has 20 heavy (non-hydrogen) atoms. The molecular formula is C14H20ClN5. The second-order valence-electron chi connectivity index (χ2n) is 5.18. The average Bonchev–Trinajstić information content (AvgIpc) is 2.39. The van der Waals surface area contributed by atoms with E-state index < -0.39 is 0 Å². The maximum Gasteiger partial charge on any atom is 0.145 e. The van der Waals surface area contributed by atoms with Crippen LogP contribution in [0, 0.1) is 0 Å². The summed E-state index contributed by atoms with van der Waals surface area (Å²) in [6, 6.07) is 8.11. The minimum absolute atomic E-state index is 0. The van der Waals surface area contributed by atoms with Gasteiger partial charge in [0.2, 0.25) is 0 Å². The lowest BCUT2D eigenvalue weighted by atomic mass is 10.1. The fourth-order valence-electron chi connectivity index (χ4n) is 2.66. The van der Waals surface area contributed by atoms with Crippen LogP contribution < -0.4 is 11.5 Å². The van der Waals surface area contributed by atoms with Gasteiger partial charge in [0.15, 0.2) is 0 Å². The molecule has 2 aromatic rings. The number of nitrogens with zero attached hydrogens (tertiary/aromatic N) is 3. The number of anilines is 1. The van der Waals surface area contributed by atoms with Crippen LogP contribution >= 0.6 is 12.4 Å². The van der Waals surface area contributed by atoms with Crippen molar-refractivity contribution in [1.29, 1.82) is 0 Å². The second kappa shape index (κ2) is 6.35. The topological polar surface area (TPSA) is 81.1 Å². The number of halogens is 1. The highest BCUT2D eigenvalue weighted by atomic mass is 35.5. The van der Waals surface area contributed by atoms with Gasteiger partial charge >= 0.3 is 0 Å². The number of fused-ring (bicyclic) bond motifs is 1. The predicted molar refractivity (Wildman–Crippen MR) is 83.7 cm³/mol. The Morgan fingerprint density at radius 3 is 2.85 bits per heavy atom. The molecule has 5 nitrogen and oxygen atoms in total. The lowest BCUT2D eigenvalue weighted by molar-refractivity contribution is 0.197. The molecule has 0 unspecified atom stereocenters. The Hall–Kier alpha value is -1.43. The minimum atomic E-state index is 0. The van der Waals surface area contributed by atoms with Gasteiger partial charge in [-0.1, -0.05) is 12.1 Å². The molecule has 3 rings (SSSR count). The molecule has 1 aliphatic rings. The lowest BCUT2D eigenvalue weighted by Gasteiger charge is -2.30. The van der Waals surface area contributed by atoms with Crippen molar-refractivity contribution in [3.63, 3.8) is 0 Å². The number of hydrogen-bond acceptors (Lipinski definition) is 5. The lowest BCUT2D eigenvalue weighted by Crippen LogP contribution is -2.42. The zero-order chi connectivity index (χ0) is 13.2. The van der Waals surface area contributed by atoms with E-state index in [2.05, 4.69) is 14.9 Å². The minimum Gasteiger partial charge on any atom is -0.383 e. The third kappa shape index (κ3) is 3.17. The molecule has 2 heterocycles. The van der Waals surface area contributed by atoms with Gasteiger partial charge in [-0.3, -0.25) is 4.90 Å². The van der Waals surface area contributed by atoms with Crippen LogP contribution in [0.2, 0.25) is 0 Å². The van der Waals surface area contributed by atoms with Crippen LogP contribution in [0.5, 0.6) is 0 Å². The van der Waals surface area contributed by atoms with Crippen molar-refractivity contribution in [1.82, 2.24) is 14.9 Å². The Kier molecular flexibility index (Phi) is 4.75. The summed E-state index contributed by atoms with van der Waals surface area (Å²) in [6.45, 7) is 2.70. The number of rotatable bonds is 2. The van der Waals surface area contributed by atoms with E-state index in [0.29, 0.717) is 5.82 Å². The first kappa shape index (κ1) is 15.0. The fourth-order valence-corrected chi connectivity index (χ4v) is 2.66. The van der Waals surface area contributed by atoms with E-state index in [1.165, 1.54) is 0 Å². The Balaban J connectivity index is 0.00000147. The van der Waals surface area contributed by atoms with Crippen molar-refractivity contribution in [2.24, 2.45) is 5.73 Å². The number of nitrogens with two attached hydrogens (primary N) is 2. The molecule has 1 aromatic heterocycles. The van der Waals surface area contributed by atoms with Crippen molar-refractivity contribution in [2.75, 3.05) is 18.8 Å². The molecule has 1 atom stereocenters. The van der Waals surface area contributed by atoms with E-state index in [0.717, 1.165) is 49.2 Å². The number of likely N-dealkylation sites (tertiary alicyclic amines) is 1. The molecule has 1 fully saturated rings. The summed E-state index contributed by atoms with van der Waals surface area (Å²) in [5.41, 5.74) is 12.9. The maximum atomic E-state index is 6.00. The molecule has 0 spiro atoms. The third-order valence-electron chi connectivity index (χ3n) is 3.59. The number of hydrogen-bond donors (Lipinski definition) is 2. The van der Waals surface area contributed by atoms with Crippen LogP contribution in [0.15, 0.2) is 24.3 Å². The molecule has 1 saturated heterocycles. The van der Waals surface area contributed by atoms with Gasteiger partial charge in [-0.2, -0.15) is 0 Å². The maximum absolute atomic E-state index is 6.00. The highest BCUT2D eigenvalue weighted by Crippen LogP contribution is 2.18. The van der Waals surface area contributed by atoms with Crippen LogP contribution in [-0.4, -0.2) is 34.0 Å². The van der Waals surface area contributed by atoms with Crippen molar-refractivity contribution in [3.8, 4) is 0 Å². The molecule has 1 aromatic carbocycles. The van der Waals surface area contributed by atoms with Gasteiger partial charge in [0.05, 0.1) is 12.1 Å². The summed E-state index contributed by atoms with van der Waals surface area (Å²) in [4.78, 5) is 11.3. The summed E-state index contributed by atoms with van der Waals surface area (Å²) in [7, 11) is 0. The van der Waals surface area contributed by atoms with Crippen LogP contribution in [0.4, 0.5) is 5.82 Å². The third-order valence-corrected chi connectivity index (χ3v) is 3.59. The van der Waals surface area contributed by atoms with Gasteiger partial charge in [0.25, 0.3) is 0 Å². The molecule has 0 bridgehead atoms. The van der Waals surface area contributed by atoms with Crippen molar-refractivity contribution in [2.45, 2.75) is 25.4 Å². The molecular weight excluding hydrogens is 274 g/mol. The monoisotopic (exact) mass is 293 g/mol. The summed E-state index contributed by atoms with van der Waals surface area (Å²) >= 11 is 0. The summed E-state index contributed by atoms with van der Waals surface area (Å²) in [5, 5.41) is 0.918. The summed E-state index contributed by atoms with van der Waals surface area (Å²) < 4.78 is 0. The van der Waals surface area contributed by atoms with Crippen LogP contribution in [0.1, 0.15) is 18.7 Å². The molecule has 0 amide bonds. The predicted octanol–water partition coefficient (Wildman–Crippen LogP) is 1.56. The SMILES string of the molecule is Cl.Nc1nc(CN2CCC[C@@H](N)C2)nc2ccccc12. The van der Waals surface area contributed by atoms with Crippen molar-refractivity contribution < 1.29 is 0 Å². The molecule has 108 valence electrons. The van der Waals surface area contributed by atoms with Crippen LogP contribution in [0.25, 0.3) is 10.9 Å². The first-order chi connectivity index (χ1) is 9.22.